The molecule has 0 saturated carbocycles. The maximum absolute atomic E-state index is 12.3. The number of carbonyl (C=O) groups excluding carboxylic acids is 3. The normalized spacial score (nSPS) is 21.9. The molecule has 21 heavy (non-hydrogen) atoms. The van der Waals surface area contributed by atoms with E-state index in [-0.39, 0.29) is 30.7 Å². The molecule has 5 nitrogen and oxygen atoms in total. The van der Waals surface area contributed by atoms with Crippen molar-refractivity contribution in [1.29, 1.82) is 0 Å². The summed E-state index contributed by atoms with van der Waals surface area (Å²) in [4.78, 5) is 39.5. The Morgan fingerprint density at radius 2 is 2.14 bits per heavy atom. The third kappa shape index (κ3) is 2.67. The molecule has 1 aromatic heterocycles. The Balaban J connectivity index is 1.75. The van der Waals surface area contributed by atoms with Gasteiger partial charge in [0, 0.05) is 6.54 Å². The van der Waals surface area contributed by atoms with E-state index in [0.29, 0.717) is 27.2 Å². The van der Waals surface area contributed by atoms with E-state index in [1.54, 1.807) is 4.90 Å². The molecule has 2 aliphatic rings. The van der Waals surface area contributed by atoms with Crippen molar-refractivity contribution in [2.75, 3.05) is 19.6 Å². The number of halogens is 2. The molecular weight excluding hydrogens is 335 g/mol. The van der Waals surface area contributed by atoms with Crippen molar-refractivity contribution in [1.82, 2.24) is 9.80 Å². The lowest BCUT2D eigenvalue weighted by molar-refractivity contribution is -0.152. The maximum atomic E-state index is 12.3. The summed E-state index contributed by atoms with van der Waals surface area (Å²) in [6, 6.07) is 1.09. The zero-order valence-electron chi connectivity index (χ0n) is 11.0. The van der Waals surface area contributed by atoms with E-state index in [1.165, 1.54) is 11.0 Å². The summed E-state index contributed by atoms with van der Waals surface area (Å²) >= 11 is 12.9. The fraction of sp³-hybridized carbons (Fsp3) is 0.462. The molecule has 0 radical (unpaired) electrons. The molecule has 2 aliphatic heterocycles. The molecule has 0 N–H and O–H groups in total. The van der Waals surface area contributed by atoms with Gasteiger partial charge in [0.05, 0.1) is 16.4 Å². The van der Waals surface area contributed by atoms with Gasteiger partial charge in [-0.25, -0.2) is 0 Å². The van der Waals surface area contributed by atoms with E-state index in [2.05, 4.69) is 0 Å². The number of hydrogen-bond donors (Lipinski definition) is 0. The molecule has 0 bridgehead atoms. The van der Waals surface area contributed by atoms with Gasteiger partial charge in [0.2, 0.25) is 11.8 Å². The molecule has 1 unspecified atom stereocenters. The van der Waals surface area contributed by atoms with Crippen LogP contribution in [0.4, 0.5) is 0 Å². The molecule has 0 aliphatic carbocycles. The van der Waals surface area contributed by atoms with Gasteiger partial charge in [-0.05, 0) is 18.9 Å². The number of Topliss-reactive ketones (excluding diaryl/α,β-unsaturated/α-hetero) is 1. The monoisotopic (exact) mass is 346 g/mol. The fourth-order valence-corrected chi connectivity index (χ4v) is 4.29. The van der Waals surface area contributed by atoms with Crippen molar-refractivity contribution >= 4 is 52.1 Å². The number of rotatable bonds is 3. The van der Waals surface area contributed by atoms with Crippen LogP contribution in [0.5, 0.6) is 0 Å². The second-order valence-electron chi connectivity index (χ2n) is 5.10. The number of ketones is 1. The number of amides is 2. The Morgan fingerprint density at radius 1 is 1.38 bits per heavy atom. The third-order valence-corrected chi connectivity index (χ3v) is 5.28. The molecule has 3 heterocycles. The standard InChI is InChI=1S/C13H12Cl2N2O3S/c14-10-4-7(12(15)21-10)9(18)5-16-6-11(19)17-3-1-2-8(17)13(16)20/h4,8H,1-3,5-6H2. The van der Waals surface area contributed by atoms with Crippen molar-refractivity contribution in [3.63, 3.8) is 0 Å². The van der Waals surface area contributed by atoms with Crippen LogP contribution in [-0.2, 0) is 9.59 Å². The first-order valence-corrected chi connectivity index (χ1v) is 8.11. The molecule has 8 heteroatoms. The second-order valence-corrected chi connectivity index (χ2v) is 7.39. The minimum absolute atomic E-state index is 0.0451. The maximum Gasteiger partial charge on any atom is 0.246 e. The van der Waals surface area contributed by atoms with Gasteiger partial charge in [0.1, 0.15) is 16.9 Å². The van der Waals surface area contributed by atoms with Crippen LogP contribution < -0.4 is 0 Å². The summed E-state index contributed by atoms with van der Waals surface area (Å²) < 4.78 is 0.731. The average molecular weight is 347 g/mol. The molecule has 2 fully saturated rings. The Morgan fingerprint density at radius 3 is 2.81 bits per heavy atom. The first-order chi connectivity index (χ1) is 9.97. The molecule has 2 saturated heterocycles. The highest BCUT2D eigenvalue weighted by Crippen LogP contribution is 2.32. The molecule has 1 aromatic rings. The van der Waals surface area contributed by atoms with Crippen molar-refractivity contribution in [3.8, 4) is 0 Å². The van der Waals surface area contributed by atoms with Gasteiger partial charge in [-0.15, -0.1) is 11.3 Å². The van der Waals surface area contributed by atoms with Crippen LogP contribution in [0.1, 0.15) is 23.2 Å². The summed E-state index contributed by atoms with van der Waals surface area (Å²) in [5.41, 5.74) is 0.306. The van der Waals surface area contributed by atoms with Gasteiger partial charge < -0.3 is 9.80 Å². The van der Waals surface area contributed by atoms with Gasteiger partial charge in [-0.3, -0.25) is 14.4 Å². The average Bonchev–Trinajstić information content (AvgIpc) is 3.02. The van der Waals surface area contributed by atoms with E-state index in [1.807, 2.05) is 0 Å². The minimum Gasteiger partial charge on any atom is -0.329 e. The predicted octanol–water partition coefficient (Wildman–Crippen LogP) is 2.07. The third-order valence-electron chi connectivity index (χ3n) is 3.79. The predicted molar refractivity (Wildman–Crippen MR) is 80.0 cm³/mol. The minimum atomic E-state index is -0.402. The highest BCUT2D eigenvalue weighted by Gasteiger charge is 2.42. The lowest BCUT2D eigenvalue weighted by Gasteiger charge is -2.35. The zero-order chi connectivity index (χ0) is 15.1. The molecule has 0 aromatic carbocycles. The highest BCUT2D eigenvalue weighted by molar-refractivity contribution is 7.20. The Labute approximate surface area is 135 Å². The summed E-state index contributed by atoms with van der Waals surface area (Å²) in [5.74, 6) is -0.548. The van der Waals surface area contributed by atoms with Crippen LogP contribution in [0.15, 0.2) is 6.07 Å². The molecule has 0 spiro atoms. The fourth-order valence-electron chi connectivity index (χ4n) is 2.79. The molecule has 3 rings (SSSR count). The van der Waals surface area contributed by atoms with E-state index in [4.69, 9.17) is 23.2 Å². The van der Waals surface area contributed by atoms with Gasteiger partial charge >= 0.3 is 0 Å². The largest absolute Gasteiger partial charge is 0.329 e. The van der Waals surface area contributed by atoms with Crippen molar-refractivity contribution in [3.05, 3.63) is 20.3 Å². The first kappa shape index (κ1) is 14.8. The number of hydrogen-bond acceptors (Lipinski definition) is 4. The van der Waals surface area contributed by atoms with Crippen LogP contribution in [-0.4, -0.2) is 53.1 Å². The highest BCUT2D eigenvalue weighted by atomic mass is 35.5. The van der Waals surface area contributed by atoms with Gasteiger partial charge in [-0.2, -0.15) is 0 Å². The Hall–Kier alpha value is -1.11. The van der Waals surface area contributed by atoms with E-state index in [0.717, 1.165) is 17.8 Å². The zero-order valence-corrected chi connectivity index (χ0v) is 13.3. The van der Waals surface area contributed by atoms with E-state index in [9.17, 15) is 14.4 Å². The van der Waals surface area contributed by atoms with Crippen LogP contribution in [0.25, 0.3) is 0 Å². The first-order valence-electron chi connectivity index (χ1n) is 6.53. The van der Waals surface area contributed by atoms with Crippen molar-refractivity contribution < 1.29 is 14.4 Å². The summed E-state index contributed by atoms with van der Waals surface area (Å²) in [6.45, 7) is 0.446. The van der Waals surface area contributed by atoms with Gasteiger partial charge in [0.25, 0.3) is 0 Å². The van der Waals surface area contributed by atoms with Crippen LogP contribution in [0, 0.1) is 0 Å². The number of thiophene rings is 1. The smallest absolute Gasteiger partial charge is 0.246 e. The molecule has 1 atom stereocenters. The molecule has 2 amide bonds. The van der Waals surface area contributed by atoms with Gasteiger partial charge in [0.15, 0.2) is 5.78 Å². The molecule has 112 valence electrons. The topological polar surface area (TPSA) is 57.7 Å². The van der Waals surface area contributed by atoms with Crippen molar-refractivity contribution in [2.24, 2.45) is 0 Å². The summed E-state index contributed by atoms with van der Waals surface area (Å²) in [5, 5.41) is 0. The van der Waals surface area contributed by atoms with Crippen LogP contribution in [0.3, 0.4) is 0 Å². The number of piperazine rings is 1. The van der Waals surface area contributed by atoms with Crippen LogP contribution in [0.2, 0.25) is 8.67 Å². The Bertz CT molecular complexity index is 631. The SMILES string of the molecule is O=C(CN1CC(=O)N2CCCC2C1=O)c1cc(Cl)sc1Cl. The van der Waals surface area contributed by atoms with Crippen LogP contribution >= 0.6 is 34.5 Å². The van der Waals surface area contributed by atoms with Crippen molar-refractivity contribution in [2.45, 2.75) is 18.9 Å². The Kier molecular flexibility index (Phi) is 3.94. The van der Waals surface area contributed by atoms with E-state index < -0.39 is 6.04 Å². The number of carbonyl (C=O) groups is 3. The summed E-state index contributed by atoms with van der Waals surface area (Å²) in [7, 11) is 0. The number of nitrogens with zero attached hydrogens (tertiary/aromatic N) is 2. The number of fused-ring (bicyclic) bond motifs is 1. The van der Waals surface area contributed by atoms with E-state index >= 15 is 0 Å². The lowest BCUT2D eigenvalue weighted by Crippen LogP contribution is -2.58. The lowest BCUT2D eigenvalue weighted by atomic mass is 10.1. The second kappa shape index (κ2) is 5.59. The quantitative estimate of drug-likeness (QED) is 0.787. The molecular formula is C13H12Cl2N2O3S. The summed E-state index contributed by atoms with van der Waals surface area (Å²) in [6.07, 6.45) is 1.50. The van der Waals surface area contributed by atoms with Gasteiger partial charge in [-0.1, -0.05) is 23.2 Å².